The number of carbonyl (C=O) groups excluding carboxylic acids is 1. The lowest BCUT2D eigenvalue weighted by molar-refractivity contribution is 0.0924. The molecule has 1 heterocycles. The Morgan fingerprint density at radius 3 is 3.19 bits per heavy atom. The summed E-state index contributed by atoms with van der Waals surface area (Å²) in [5.41, 5.74) is 3.25. The third-order valence-corrected chi connectivity index (χ3v) is 2.94. The number of thiazole rings is 1. The minimum absolute atomic E-state index is 0.170. The van der Waals surface area contributed by atoms with Gasteiger partial charge in [0.2, 0.25) is 0 Å². The van der Waals surface area contributed by atoms with Crippen molar-refractivity contribution in [3.05, 3.63) is 29.3 Å². The van der Waals surface area contributed by atoms with Crippen LogP contribution >= 0.6 is 11.3 Å². The van der Waals surface area contributed by atoms with Crippen molar-refractivity contribution in [1.82, 2.24) is 10.3 Å². The van der Waals surface area contributed by atoms with Crippen LogP contribution in [0.1, 0.15) is 17.3 Å². The summed E-state index contributed by atoms with van der Waals surface area (Å²) in [5.74, 6) is -0.170. The van der Waals surface area contributed by atoms with Crippen LogP contribution < -0.4 is 5.32 Å². The number of aliphatic hydroxyl groups is 1. The molecule has 0 saturated heterocycles. The van der Waals surface area contributed by atoms with Crippen LogP contribution in [0, 0.1) is 0 Å². The number of carbonyl (C=O) groups is 1. The van der Waals surface area contributed by atoms with Crippen LogP contribution in [0.15, 0.2) is 23.7 Å². The fraction of sp³-hybridized carbons (Fsp3) is 0.273. The standard InChI is InChI=1S/C11H12N2O2S/c1-7(14)5-12-11(15)8-2-3-9-10(4-8)16-6-13-9/h2-4,6-7,14H,5H2,1H3,(H,12,15). The van der Waals surface area contributed by atoms with Crippen molar-refractivity contribution >= 4 is 27.5 Å². The summed E-state index contributed by atoms with van der Waals surface area (Å²) in [5, 5.41) is 11.7. The minimum atomic E-state index is -0.531. The van der Waals surface area contributed by atoms with E-state index in [1.165, 1.54) is 11.3 Å². The third kappa shape index (κ3) is 2.37. The van der Waals surface area contributed by atoms with E-state index < -0.39 is 6.10 Å². The molecule has 0 aliphatic carbocycles. The van der Waals surface area contributed by atoms with E-state index in [-0.39, 0.29) is 12.5 Å². The number of hydrogen-bond donors (Lipinski definition) is 2. The van der Waals surface area contributed by atoms with E-state index in [1.54, 1.807) is 18.5 Å². The quantitative estimate of drug-likeness (QED) is 0.847. The summed E-state index contributed by atoms with van der Waals surface area (Å²) >= 11 is 1.50. The molecule has 1 unspecified atom stereocenters. The van der Waals surface area contributed by atoms with E-state index in [0.29, 0.717) is 5.56 Å². The van der Waals surface area contributed by atoms with Gasteiger partial charge in [-0.15, -0.1) is 11.3 Å². The van der Waals surface area contributed by atoms with Gasteiger partial charge in [0.05, 0.1) is 21.8 Å². The van der Waals surface area contributed by atoms with E-state index in [1.807, 2.05) is 12.1 Å². The summed E-state index contributed by atoms with van der Waals surface area (Å²) in [6.07, 6.45) is -0.531. The van der Waals surface area contributed by atoms with Crippen LogP contribution in [0.3, 0.4) is 0 Å². The van der Waals surface area contributed by atoms with Crippen molar-refractivity contribution in [3.63, 3.8) is 0 Å². The molecule has 84 valence electrons. The van der Waals surface area contributed by atoms with E-state index in [0.717, 1.165) is 10.2 Å². The zero-order chi connectivity index (χ0) is 11.5. The van der Waals surface area contributed by atoms with Gasteiger partial charge < -0.3 is 10.4 Å². The highest BCUT2D eigenvalue weighted by atomic mass is 32.1. The first-order valence-corrected chi connectivity index (χ1v) is 5.84. The predicted octanol–water partition coefficient (Wildman–Crippen LogP) is 1.41. The van der Waals surface area contributed by atoms with Gasteiger partial charge >= 0.3 is 0 Å². The van der Waals surface area contributed by atoms with Gasteiger partial charge in [0.25, 0.3) is 5.91 Å². The molecule has 2 N–H and O–H groups in total. The van der Waals surface area contributed by atoms with Gasteiger partial charge in [0.1, 0.15) is 0 Å². The predicted molar refractivity (Wildman–Crippen MR) is 63.6 cm³/mol. The largest absolute Gasteiger partial charge is 0.392 e. The molecule has 0 radical (unpaired) electrons. The van der Waals surface area contributed by atoms with Crippen LogP contribution in [-0.4, -0.2) is 28.6 Å². The van der Waals surface area contributed by atoms with Crippen molar-refractivity contribution in [3.8, 4) is 0 Å². The van der Waals surface area contributed by atoms with E-state index in [4.69, 9.17) is 5.11 Å². The van der Waals surface area contributed by atoms with Gasteiger partial charge in [-0.3, -0.25) is 4.79 Å². The second kappa shape index (κ2) is 4.59. The van der Waals surface area contributed by atoms with Gasteiger partial charge in [0, 0.05) is 12.1 Å². The Hall–Kier alpha value is -1.46. The molecule has 0 spiro atoms. The Labute approximate surface area is 96.9 Å². The van der Waals surface area contributed by atoms with Crippen molar-refractivity contribution in [2.75, 3.05) is 6.54 Å². The van der Waals surface area contributed by atoms with Crippen LogP contribution in [0.25, 0.3) is 10.2 Å². The molecule has 1 aromatic heterocycles. The number of rotatable bonds is 3. The van der Waals surface area contributed by atoms with Crippen molar-refractivity contribution in [2.24, 2.45) is 0 Å². The first-order valence-electron chi connectivity index (χ1n) is 4.96. The number of hydrogen-bond acceptors (Lipinski definition) is 4. The number of aliphatic hydroxyl groups excluding tert-OH is 1. The molecule has 0 aliphatic heterocycles. The average molecular weight is 236 g/mol. The number of nitrogens with zero attached hydrogens (tertiary/aromatic N) is 1. The Bertz CT molecular complexity index is 507. The summed E-state index contributed by atoms with van der Waals surface area (Å²) in [6.45, 7) is 1.90. The highest BCUT2D eigenvalue weighted by Gasteiger charge is 2.07. The highest BCUT2D eigenvalue weighted by molar-refractivity contribution is 7.16. The second-order valence-corrected chi connectivity index (χ2v) is 4.48. The molecule has 2 aromatic rings. The van der Waals surface area contributed by atoms with Crippen LogP contribution in [0.2, 0.25) is 0 Å². The summed E-state index contributed by atoms with van der Waals surface area (Å²) in [6, 6.07) is 5.37. The lowest BCUT2D eigenvalue weighted by Crippen LogP contribution is -2.30. The lowest BCUT2D eigenvalue weighted by atomic mass is 10.2. The maximum absolute atomic E-state index is 11.7. The highest BCUT2D eigenvalue weighted by Crippen LogP contribution is 2.18. The SMILES string of the molecule is CC(O)CNC(=O)c1ccc2ncsc2c1. The molecule has 2 rings (SSSR count). The monoisotopic (exact) mass is 236 g/mol. The average Bonchev–Trinajstić information content (AvgIpc) is 2.72. The Kier molecular flexibility index (Phi) is 3.17. The van der Waals surface area contributed by atoms with E-state index >= 15 is 0 Å². The Morgan fingerprint density at radius 2 is 2.44 bits per heavy atom. The minimum Gasteiger partial charge on any atom is -0.392 e. The maximum Gasteiger partial charge on any atom is 0.251 e. The Morgan fingerprint density at radius 1 is 1.62 bits per heavy atom. The Balaban J connectivity index is 2.16. The maximum atomic E-state index is 11.7. The fourth-order valence-corrected chi connectivity index (χ4v) is 2.06. The van der Waals surface area contributed by atoms with Gasteiger partial charge in [-0.25, -0.2) is 4.98 Å². The van der Waals surface area contributed by atoms with Gasteiger partial charge in [-0.1, -0.05) is 0 Å². The van der Waals surface area contributed by atoms with Crippen LogP contribution in [0.4, 0.5) is 0 Å². The van der Waals surface area contributed by atoms with Gasteiger partial charge in [-0.05, 0) is 25.1 Å². The molecule has 1 amide bonds. The molecular weight excluding hydrogens is 224 g/mol. The lowest BCUT2D eigenvalue weighted by Gasteiger charge is -2.06. The number of amides is 1. The second-order valence-electron chi connectivity index (χ2n) is 3.59. The van der Waals surface area contributed by atoms with E-state index in [9.17, 15) is 4.79 Å². The zero-order valence-electron chi connectivity index (χ0n) is 8.80. The molecule has 1 atom stereocenters. The van der Waals surface area contributed by atoms with Crippen LogP contribution in [0.5, 0.6) is 0 Å². The molecule has 1 aromatic carbocycles. The summed E-state index contributed by atoms with van der Waals surface area (Å²) < 4.78 is 0.990. The first kappa shape index (κ1) is 11.0. The molecule has 4 nitrogen and oxygen atoms in total. The zero-order valence-corrected chi connectivity index (χ0v) is 9.62. The van der Waals surface area contributed by atoms with Gasteiger partial charge in [-0.2, -0.15) is 0 Å². The van der Waals surface area contributed by atoms with E-state index in [2.05, 4.69) is 10.3 Å². The van der Waals surface area contributed by atoms with Crippen molar-refractivity contribution in [1.29, 1.82) is 0 Å². The molecule has 0 aliphatic rings. The van der Waals surface area contributed by atoms with Gasteiger partial charge in [0.15, 0.2) is 0 Å². The molecule has 16 heavy (non-hydrogen) atoms. The smallest absolute Gasteiger partial charge is 0.251 e. The normalized spacial score (nSPS) is 12.6. The molecular formula is C11H12N2O2S. The summed E-state index contributed by atoms with van der Waals surface area (Å²) in [4.78, 5) is 15.8. The third-order valence-electron chi connectivity index (χ3n) is 2.15. The number of nitrogens with one attached hydrogen (secondary N) is 1. The first-order chi connectivity index (χ1) is 7.66. The number of benzene rings is 1. The molecule has 0 saturated carbocycles. The topological polar surface area (TPSA) is 62.2 Å². The van der Waals surface area contributed by atoms with Crippen molar-refractivity contribution in [2.45, 2.75) is 13.0 Å². The molecule has 5 heteroatoms. The van der Waals surface area contributed by atoms with Crippen molar-refractivity contribution < 1.29 is 9.90 Å². The number of aromatic nitrogens is 1. The fourth-order valence-electron chi connectivity index (χ4n) is 1.34. The number of fused-ring (bicyclic) bond motifs is 1. The van der Waals surface area contributed by atoms with Crippen LogP contribution in [-0.2, 0) is 0 Å². The summed E-state index contributed by atoms with van der Waals surface area (Å²) in [7, 11) is 0. The molecule has 0 fully saturated rings. The molecule has 0 bridgehead atoms.